The standard InChI is InChI=1S/C17H18N2O3S/c20-17(15-6-3-9-23-15)19-11-14(16-13(19)5-2-8-21-16)22-12-4-1-7-18-10-12/h1,3-4,6-7,9-10,13-14,16H,2,5,8,11H2/t13-,14-,16+/m0/s1. The van der Waals surface area contributed by atoms with E-state index in [2.05, 4.69) is 4.98 Å². The molecule has 23 heavy (non-hydrogen) atoms. The minimum Gasteiger partial charge on any atom is -0.484 e. The average molecular weight is 330 g/mol. The van der Waals surface area contributed by atoms with E-state index in [1.54, 1.807) is 12.4 Å². The molecule has 2 aromatic heterocycles. The number of nitrogens with zero attached hydrogens (tertiary/aromatic N) is 2. The summed E-state index contributed by atoms with van der Waals surface area (Å²) in [6.45, 7) is 1.29. The van der Waals surface area contributed by atoms with Crippen LogP contribution in [0.3, 0.4) is 0 Å². The molecule has 0 spiro atoms. The van der Waals surface area contributed by atoms with Gasteiger partial charge in [-0.3, -0.25) is 9.78 Å². The van der Waals surface area contributed by atoms with Gasteiger partial charge in [-0.05, 0) is 36.4 Å². The summed E-state index contributed by atoms with van der Waals surface area (Å²) in [5, 5.41) is 1.93. The molecule has 0 aromatic carbocycles. The Hall–Kier alpha value is -1.92. The van der Waals surface area contributed by atoms with Crippen LogP contribution in [0.15, 0.2) is 42.0 Å². The van der Waals surface area contributed by atoms with E-state index in [-0.39, 0.29) is 24.2 Å². The third-order valence-electron chi connectivity index (χ3n) is 4.39. The zero-order valence-electron chi connectivity index (χ0n) is 12.6. The Kier molecular flexibility index (Phi) is 4.01. The monoisotopic (exact) mass is 330 g/mol. The summed E-state index contributed by atoms with van der Waals surface area (Å²) in [7, 11) is 0. The topological polar surface area (TPSA) is 51.7 Å². The first-order valence-electron chi connectivity index (χ1n) is 7.86. The smallest absolute Gasteiger partial charge is 0.264 e. The van der Waals surface area contributed by atoms with E-state index in [0.29, 0.717) is 6.54 Å². The normalized spacial score (nSPS) is 26.8. The summed E-state index contributed by atoms with van der Waals surface area (Å²) in [5.74, 6) is 0.800. The highest BCUT2D eigenvalue weighted by Crippen LogP contribution is 2.33. The molecule has 2 aromatic rings. The molecule has 0 radical (unpaired) electrons. The number of thiophene rings is 1. The zero-order chi connectivity index (χ0) is 15.6. The SMILES string of the molecule is O=C(c1cccs1)N1C[C@H](Oc2cccnc2)[C@@H]2OCCC[C@@H]21. The van der Waals surface area contributed by atoms with Gasteiger partial charge in [0.1, 0.15) is 18.0 Å². The van der Waals surface area contributed by atoms with Crippen molar-refractivity contribution in [1.29, 1.82) is 0 Å². The summed E-state index contributed by atoms with van der Waals surface area (Å²) in [6, 6.07) is 7.61. The predicted molar refractivity (Wildman–Crippen MR) is 86.8 cm³/mol. The van der Waals surface area contributed by atoms with Gasteiger partial charge in [0.15, 0.2) is 0 Å². The maximum absolute atomic E-state index is 12.8. The molecule has 0 unspecified atom stereocenters. The van der Waals surface area contributed by atoms with Gasteiger partial charge in [0.25, 0.3) is 5.91 Å². The Morgan fingerprint density at radius 3 is 3.13 bits per heavy atom. The maximum atomic E-state index is 12.8. The lowest BCUT2D eigenvalue weighted by atomic mass is 10.0. The first-order valence-corrected chi connectivity index (χ1v) is 8.73. The molecule has 2 saturated heterocycles. The van der Waals surface area contributed by atoms with E-state index in [1.165, 1.54) is 11.3 Å². The van der Waals surface area contributed by atoms with Crippen molar-refractivity contribution in [1.82, 2.24) is 9.88 Å². The van der Waals surface area contributed by atoms with Crippen LogP contribution in [0.5, 0.6) is 5.75 Å². The molecule has 0 saturated carbocycles. The lowest BCUT2D eigenvalue weighted by Gasteiger charge is -2.31. The molecule has 2 aliphatic heterocycles. The first kappa shape index (κ1) is 14.7. The Balaban J connectivity index is 1.56. The molecule has 0 bridgehead atoms. The van der Waals surface area contributed by atoms with Gasteiger partial charge in [-0.2, -0.15) is 0 Å². The number of fused-ring (bicyclic) bond motifs is 1. The summed E-state index contributed by atoms with van der Waals surface area (Å²) in [5.41, 5.74) is 0. The molecule has 1 amide bonds. The number of ether oxygens (including phenoxy) is 2. The molecule has 4 rings (SSSR count). The van der Waals surface area contributed by atoms with Crippen molar-refractivity contribution in [2.75, 3.05) is 13.2 Å². The van der Waals surface area contributed by atoms with Crippen molar-refractivity contribution in [3.8, 4) is 5.75 Å². The number of rotatable bonds is 3. The van der Waals surface area contributed by atoms with Crippen molar-refractivity contribution in [3.05, 3.63) is 46.9 Å². The van der Waals surface area contributed by atoms with Crippen LogP contribution in [0.2, 0.25) is 0 Å². The van der Waals surface area contributed by atoms with Crippen LogP contribution in [0, 0.1) is 0 Å². The summed E-state index contributed by atoms with van der Waals surface area (Å²) in [6.07, 6.45) is 5.15. The van der Waals surface area contributed by atoms with Crippen molar-refractivity contribution < 1.29 is 14.3 Å². The van der Waals surface area contributed by atoms with Crippen LogP contribution in [-0.2, 0) is 4.74 Å². The molecule has 6 heteroatoms. The molecule has 0 aliphatic carbocycles. The Morgan fingerprint density at radius 2 is 2.35 bits per heavy atom. The third-order valence-corrected chi connectivity index (χ3v) is 5.25. The zero-order valence-corrected chi connectivity index (χ0v) is 13.4. The van der Waals surface area contributed by atoms with E-state index < -0.39 is 0 Å². The Morgan fingerprint density at radius 1 is 1.39 bits per heavy atom. The first-order chi connectivity index (χ1) is 11.3. The molecule has 4 heterocycles. The third kappa shape index (κ3) is 2.84. The van der Waals surface area contributed by atoms with Crippen molar-refractivity contribution in [2.24, 2.45) is 0 Å². The number of hydrogen-bond acceptors (Lipinski definition) is 5. The van der Waals surface area contributed by atoms with Gasteiger partial charge in [-0.1, -0.05) is 6.07 Å². The van der Waals surface area contributed by atoms with Crippen LogP contribution in [0.4, 0.5) is 0 Å². The van der Waals surface area contributed by atoms with Gasteiger partial charge in [-0.25, -0.2) is 0 Å². The summed E-state index contributed by atoms with van der Waals surface area (Å²) < 4.78 is 12.0. The molecule has 2 fully saturated rings. The van der Waals surface area contributed by atoms with E-state index in [0.717, 1.165) is 30.1 Å². The highest BCUT2D eigenvalue weighted by Gasteiger charge is 2.47. The minimum atomic E-state index is -0.145. The van der Waals surface area contributed by atoms with Crippen molar-refractivity contribution in [3.63, 3.8) is 0 Å². The number of pyridine rings is 1. The average Bonchev–Trinajstić information content (AvgIpc) is 3.24. The number of likely N-dealkylation sites (tertiary alicyclic amines) is 1. The minimum absolute atomic E-state index is 0.0622. The van der Waals surface area contributed by atoms with Gasteiger partial charge >= 0.3 is 0 Å². The fourth-order valence-corrected chi connectivity index (χ4v) is 4.06. The molecular formula is C17H18N2O3S. The van der Waals surface area contributed by atoms with Gasteiger partial charge in [0.05, 0.1) is 23.7 Å². The fourth-order valence-electron chi connectivity index (χ4n) is 3.38. The molecule has 2 aliphatic rings. The predicted octanol–water partition coefficient (Wildman–Crippen LogP) is 2.59. The van der Waals surface area contributed by atoms with Crippen LogP contribution >= 0.6 is 11.3 Å². The second-order valence-electron chi connectivity index (χ2n) is 5.82. The number of aromatic nitrogens is 1. The van der Waals surface area contributed by atoms with E-state index in [1.807, 2.05) is 34.5 Å². The van der Waals surface area contributed by atoms with E-state index >= 15 is 0 Å². The van der Waals surface area contributed by atoms with E-state index in [4.69, 9.17) is 9.47 Å². The maximum Gasteiger partial charge on any atom is 0.264 e. The molecular weight excluding hydrogens is 312 g/mol. The molecule has 120 valence electrons. The highest BCUT2D eigenvalue weighted by atomic mass is 32.1. The molecule has 0 N–H and O–H groups in total. The second kappa shape index (κ2) is 6.29. The number of carbonyl (C=O) groups excluding carboxylic acids is 1. The quantitative estimate of drug-likeness (QED) is 0.868. The van der Waals surface area contributed by atoms with Crippen molar-refractivity contribution >= 4 is 17.2 Å². The number of hydrogen-bond donors (Lipinski definition) is 0. The van der Waals surface area contributed by atoms with Gasteiger partial charge in [-0.15, -0.1) is 11.3 Å². The lowest BCUT2D eigenvalue weighted by molar-refractivity contribution is -0.0447. The van der Waals surface area contributed by atoms with Gasteiger partial charge in [0.2, 0.25) is 0 Å². The lowest BCUT2D eigenvalue weighted by Crippen LogP contribution is -2.44. The molecule has 3 atom stereocenters. The number of amides is 1. The fraction of sp³-hybridized carbons (Fsp3) is 0.412. The van der Waals surface area contributed by atoms with Crippen LogP contribution in [-0.4, -0.2) is 47.2 Å². The number of carbonyl (C=O) groups is 1. The van der Waals surface area contributed by atoms with Crippen molar-refractivity contribution in [2.45, 2.75) is 31.1 Å². The van der Waals surface area contributed by atoms with E-state index in [9.17, 15) is 4.79 Å². The Bertz CT molecular complexity index is 662. The molecule has 5 nitrogen and oxygen atoms in total. The Labute approximate surface area is 138 Å². The van der Waals surface area contributed by atoms with Crippen LogP contribution in [0.25, 0.3) is 0 Å². The summed E-state index contributed by atoms with van der Waals surface area (Å²) in [4.78, 5) is 19.6. The van der Waals surface area contributed by atoms with Crippen LogP contribution < -0.4 is 4.74 Å². The van der Waals surface area contributed by atoms with Gasteiger partial charge < -0.3 is 14.4 Å². The van der Waals surface area contributed by atoms with Gasteiger partial charge in [0, 0.05) is 12.8 Å². The highest BCUT2D eigenvalue weighted by molar-refractivity contribution is 7.12. The second-order valence-corrected chi connectivity index (χ2v) is 6.77. The largest absolute Gasteiger partial charge is 0.484 e. The van der Waals surface area contributed by atoms with Crippen LogP contribution in [0.1, 0.15) is 22.5 Å². The summed E-state index contributed by atoms with van der Waals surface area (Å²) >= 11 is 1.48.